The van der Waals surface area contributed by atoms with E-state index in [9.17, 15) is 13.7 Å². The fraction of sp³-hybridized carbons (Fsp3) is 0.188. The van der Waals surface area contributed by atoms with E-state index in [1.54, 1.807) is 30.3 Å². The smallest absolute Gasteiger partial charge is 0.183 e. The number of sulfone groups is 1. The van der Waals surface area contributed by atoms with E-state index < -0.39 is 21.0 Å². The summed E-state index contributed by atoms with van der Waals surface area (Å²) >= 11 is 0. The predicted octanol–water partition coefficient (Wildman–Crippen LogP) is 2.77. The Bertz CT molecular complexity index is 748. The van der Waals surface area contributed by atoms with Gasteiger partial charge in [-0.1, -0.05) is 48.5 Å². The maximum absolute atomic E-state index is 12.6. The maximum atomic E-state index is 12.6. The molecule has 100 valence electrons. The van der Waals surface area contributed by atoms with Crippen molar-refractivity contribution in [3.63, 3.8) is 0 Å². The molecule has 0 radical (unpaired) electrons. The number of benzene rings is 2. The van der Waals surface area contributed by atoms with Crippen LogP contribution in [0.4, 0.5) is 0 Å². The van der Waals surface area contributed by atoms with Gasteiger partial charge in [0.1, 0.15) is 0 Å². The number of hydrogen-bond acceptors (Lipinski definition) is 3. The van der Waals surface area contributed by atoms with E-state index in [0.717, 1.165) is 5.56 Å². The van der Waals surface area contributed by atoms with E-state index >= 15 is 0 Å². The molecule has 0 spiro atoms. The van der Waals surface area contributed by atoms with Gasteiger partial charge in [-0.2, -0.15) is 5.26 Å². The van der Waals surface area contributed by atoms with Gasteiger partial charge in [0.15, 0.2) is 9.84 Å². The van der Waals surface area contributed by atoms with Gasteiger partial charge in [-0.15, -0.1) is 0 Å². The van der Waals surface area contributed by atoms with Crippen LogP contribution in [0.3, 0.4) is 0 Å². The molecule has 4 heteroatoms. The molecule has 0 amide bonds. The van der Waals surface area contributed by atoms with Gasteiger partial charge >= 0.3 is 0 Å². The van der Waals surface area contributed by atoms with Crippen molar-refractivity contribution in [2.75, 3.05) is 0 Å². The first-order chi connectivity index (χ1) is 9.66. The number of rotatable bonds is 3. The second-order valence-electron chi connectivity index (χ2n) is 4.91. The molecule has 0 aromatic heterocycles. The molecule has 2 aromatic carbocycles. The summed E-state index contributed by atoms with van der Waals surface area (Å²) in [4.78, 5) is 0.295. The highest BCUT2D eigenvalue weighted by Crippen LogP contribution is 2.53. The molecule has 1 saturated carbocycles. The first-order valence-corrected chi connectivity index (χ1v) is 7.94. The SMILES string of the molecule is N#C[C@@H]1[C@@H](c2ccccc2)[C@@H]1S(=O)(=O)c1ccccc1. The molecular weight excluding hydrogens is 270 g/mol. The largest absolute Gasteiger partial charge is 0.223 e. The monoisotopic (exact) mass is 283 g/mol. The Morgan fingerprint density at radius 2 is 1.45 bits per heavy atom. The Kier molecular flexibility index (Phi) is 3.07. The van der Waals surface area contributed by atoms with Gasteiger partial charge in [0.2, 0.25) is 0 Å². The summed E-state index contributed by atoms with van der Waals surface area (Å²) < 4.78 is 25.2. The van der Waals surface area contributed by atoms with Crippen LogP contribution in [0.25, 0.3) is 0 Å². The minimum absolute atomic E-state index is 0.216. The lowest BCUT2D eigenvalue weighted by molar-refractivity contribution is 0.593. The topological polar surface area (TPSA) is 57.9 Å². The summed E-state index contributed by atoms with van der Waals surface area (Å²) in [6.45, 7) is 0. The van der Waals surface area contributed by atoms with Crippen molar-refractivity contribution >= 4 is 9.84 Å². The van der Waals surface area contributed by atoms with Crippen molar-refractivity contribution < 1.29 is 8.42 Å². The average molecular weight is 283 g/mol. The van der Waals surface area contributed by atoms with E-state index in [2.05, 4.69) is 6.07 Å². The van der Waals surface area contributed by atoms with Crippen LogP contribution >= 0.6 is 0 Å². The summed E-state index contributed by atoms with van der Waals surface area (Å²) in [5.41, 5.74) is 0.920. The van der Waals surface area contributed by atoms with Crippen molar-refractivity contribution in [2.24, 2.45) is 5.92 Å². The molecule has 0 N–H and O–H groups in total. The highest BCUT2D eigenvalue weighted by Gasteiger charge is 2.59. The van der Waals surface area contributed by atoms with Gasteiger partial charge in [-0.25, -0.2) is 8.42 Å². The van der Waals surface area contributed by atoms with Crippen LogP contribution in [0.5, 0.6) is 0 Å². The third kappa shape index (κ3) is 2.00. The highest BCUT2D eigenvalue weighted by atomic mass is 32.2. The Morgan fingerprint density at radius 3 is 2.00 bits per heavy atom. The van der Waals surface area contributed by atoms with Gasteiger partial charge in [0.05, 0.1) is 22.1 Å². The molecular formula is C16H13NO2S. The lowest BCUT2D eigenvalue weighted by Gasteiger charge is -2.03. The Hall–Kier alpha value is -2.12. The molecule has 0 saturated heterocycles. The third-order valence-electron chi connectivity index (χ3n) is 3.72. The quantitative estimate of drug-likeness (QED) is 0.870. The number of nitrogens with zero attached hydrogens (tertiary/aromatic N) is 1. The summed E-state index contributed by atoms with van der Waals surface area (Å²) in [6.07, 6.45) is 0. The van der Waals surface area contributed by atoms with E-state index in [1.807, 2.05) is 30.3 Å². The second kappa shape index (κ2) is 4.77. The molecule has 0 heterocycles. The van der Waals surface area contributed by atoms with Crippen molar-refractivity contribution in [1.29, 1.82) is 5.26 Å². The molecule has 3 rings (SSSR count). The zero-order chi connectivity index (χ0) is 14.2. The van der Waals surface area contributed by atoms with E-state index in [1.165, 1.54) is 0 Å². The van der Waals surface area contributed by atoms with Gasteiger partial charge in [-0.3, -0.25) is 0 Å². The molecule has 1 aliphatic rings. The van der Waals surface area contributed by atoms with Crippen LogP contribution in [0.15, 0.2) is 65.6 Å². The number of nitriles is 1. The molecule has 0 unspecified atom stereocenters. The number of hydrogen-bond donors (Lipinski definition) is 0. The standard InChI is InChI=1S/C16H13NO2S/c17-11-14-15(12-7-3-1-4-8-12)16(14)20(18,19)13-9-5-2-6-10-13/h1-10,14-16H/t14-,15-,16-/m1/s1. The molecule has 0 bridgehead atoms. The average Bonchev–Trinajstić information content (AvgIpc) is 3.24. The van der Waals surface area contributed by atoms with E-state index in [-0.39, 0.29) is 5.92 Å². The van der Waals surface area contributed by atoms with Crippen molar-refractivity contribution in [3.8, 4) is 6.07 Å². The van der Waals surface area contributed by atoms with Crippen LogP contribution in [-0.2, 0) is 9.84 Å². The summed E-state index contributed by atoms with van der Waals surface area (Å²) in [5, 5.41) is 8.58. The summed E-state index contributed by atoms with van der Waals surface area (Å²) in [5.74, 6) is -0.672. The Morgan fingerprint density at radius 1 is 0.900 bits per heavy atom. The van der Waals surface area contributed by atoms with Gasteiger partial charge < -0.3 is 0 Å². The zero-order valence-electron chi connectivity index (χ0n) is 10.7. The van der Waals surface area contributed by atoms with Crippen molar-refractivity contribution in [2.45, 2.75) is 16.1 Å². The Labute approximate surface area is 118 Å². The first-order valence-electron chi connectivity index (χ1n) is 6.40. The summed E-state index contributed by atoms with van der Waals surface area (Å²) in [6, 6.07) is 19.9. The summed E-state index contributed by atoms with van der Waals surface area (Å²) in [7, 11) is -3.45. The minimum Gasteiger partial charge on any atom is -0.223 e. The first kappa shape index (κ1) is 12.9. The van der Waals surface area contributed by atoms with Gasteiger partial charge in [0.25, 0.3) is 0 Å². The third-order valence-corrected chi connectivity index (χ3v) is 5.95. The molecule has 1 fully saturated rings. The van der Waals surface area contributed by atoms with Crippen LogP contribution in [0.1, 0.15) is 11.5 Å². The van der Waals surface area contributed by atoms with E-state index in [0.29, 0.717) is 4.90 Å². The van der Waals surface area contributed by atoms with Crippen LogP contribution < -0.4 is 0 Å². The van der Waals surface area contributed by atoms with Crippen LogP contribution in [0, 0.1) is 17.2 Å². The van der Waals surface area contributed by atoms with Crippen LogP contribution in [-0.4, -0.2) is 13.7 Å². The fourth-order valence-electron chi connectivity index (χ4n) is 2.66. The van der Waals surface area contributed by atoms with E-state index in [4.69, 9.17) is 0 Å². The van der Waals surface area contributed by atoms with Gasteiger partial charge in [0, 0.05) is 5.92 Å². The molecule has 3 atom stereocenters. The molecule has 1 aliphatic carbocycles. The van der Waals surface area contributed by atoms with Crippen molar-refractivity contribution in [1.82, 2.24) is 0 Å². The Balaban J connectivity index is 1.98. The zero-order valence-corrected chi connectivity index (χ0v) is 11.5. The normalized spacial score (nSPS) is 24.9. The highest BCUT2D eigenvalue weighted by molar-refractivity contribution is 7.92. The lowest BCUT2D eigenvalue weighted by Crippen LogP contribution is -2.10. The fourth-order valence-corrected chi connectivity index (χ4v) is 4.75. The van der Waals surface area contributed by atoms with Gasteiger partial charge in [-0.05, 0) is 17.7 Å². The molecule has 0 aliphatic heterocycles. The maximum Gasteiger partial charge on any atom is 0.183 e. The van der Waals surface area contributed by atoms with Crippen molar-refractivity contribution in [3.05, 3.63) is 66.2 Å². The second-order valence-corrected chi connectivity index (χ2v) is 7.02. The molecule has 3 nitrogen and oxygen atoms in total. The molecule has 2 aromatic rings. The minimum atomic E-state index is -3.45. The van der Waals surface area contributed by atoms with Crippen LogP contribution in [0.2, 0.25) is 0 Å². The lowest BCUT2D eigenvalue weighted by atomic mass is 10.1. The predicted molar refractivity (Wildman–Crippen MR) is 75.7 cm³/mol. The molecule has 20 heavy (non-hydrogen) atoms.